The lowest BCUT2D eigenvalue weighted by Crippen LogP contribution is -2.49. The van der Waals surface area contributed by atoms with Crippen molar-refractivity contribution >= 4 is 6.09 Å². The van der Waals surface area contributed by atoms with Crippen molar-refractivity contribution in [3.8, 4) is 0 Å². The van der Waals surface area contributed by atoms with Crippen molar-refractivity contribution < 1.29 is 9.53 Å². The number of carbonyl (C=O) groups is 1. The molecular formula is C18H33N3O2. The molecule has 3 rings (SSSR count). The van der Waals surface area contributed by atoms with Crippen LogP contribution in [0.25, 0.3) is 0 Å². The number of hydrogen-bond donors (Lipinski definition) is 1. The van der Waals surface area contributed by atoms with Gasteiger partial charge in [-0.15, -0.1) is 0 Å². The van der Waals surface area contributed by atoms with Crippen LogP contribution >= 0.6 is 0 Å². The molecule has 3 unspecified atom stereocenters. The van der Waals surface area contributed by atoms with E-state index in [0.717, 1.165) is 32.0 Å². The third kappa shape index (κ3) is 4.18. The number of amides is 1. The van der Waals surface area contributed by atoms with Crippen LogP contribution in [0.5, 0.6) is 0 Å². The van der Waals surface area contributed by atoms with Crippen LogP contribution in [-0.4, -0.2) is 65.8 Å². The molecule has 0 aromatic heterocycles. The van der Waals surface area contributed by atoms with Gasteiger partial charge < -0.3 is 15.0 Å². The van der Waals surface area contributed by atoms with Crippen molar-refractivity contribution in [3.63, 3.8) is 0 Å². The molecule has 5 nitrogen and oxygen atoms in total. The number of ether oxygens (including phenoxy) is 1. The second-order valence-corrected chi connectivity index (χ2v) is 8.37. The van der Waals surface area contributed by atoms with Gasteiger partial charge in [0.1, 0.15) is 5.60 Å². The van der Waals surface area contributed by atoms with Crippen molar-refractivity contribution in [2.75, 3.05) is 26.2 Å². The summed E-state index contributed by atoms with van der Waals surface area (Å²) in [6.45, 7) is 10.1. The number of fused-ring (bicyclic) bond motifs is 1. The van der Waals surface area contributed by atoms with Gasteiger partial charge in [0, 0.05) is 37.8 Å². The lowest BCUT2D eigenvalue weighted by molar-refractivity contribution is 0.0223. The van der Waals surface area contributed by atoms with E-state index in [1.54, 1.807) is 0 Å². The van der Waals surface area contributed by atoms with Crippen LogP contribution in [0.1, 0.15) is 59.3 Å². The predicted octanol–water partition coefficient (Wildman–Crippen LogP) is 2.60. The number of rotatable bonds is 3. The predicted molar refractivity (Wildman–Crippen MR) is 91.6 cm³/mol. The molecule has 3 aliphatic heterocycles. The third-order valence-corrected chi connectivity index (χ3v) is 5.48. The van der Waals surface area contributed by atoms with Crippen molar-refractivity contribution in [1.82, 2.24) is 15.1 Å². The van der Waals surface area contributed by atoms with Crippen molar-refractivity contribution in [2.24, 2.45) is 0 Å². The number of nitrogens with zero attached hydrogens (tertiary/aromatic N) is 2. The molecular weight excluding hydrogens is 290 g/mol. The van der Waals surface area contributed by atoms with E-state index in [2.05, 4.69) is 10.2 Å². The summed E-state index contributed by atoms with van der Waals surface area (Å²) in [4.78, 5) is 17.0. The van der Waals surface area contributed by atoms with Gasteiger partial charge >= 0.3 is 6.09 Å². The number of hydrogen-bond acceptors (Lipinski definition) is 4. The average Bonchev–Trinajstić information content (AvgIpc) is 3.10. The maximum absolute atomic E-state index is 12.4. The van der Waals surface area contributed by atoms with E-state index in [4.69, 9.17) is 4.74 Å². The smallest absolute Gasteiger partial charge is 0.410 e. The minimum atomic E-state index is -0.411. The van der Waals surface area contributed by atoms with Crippen LogP contribution in [0.15, 0.2) is 0 Å². The molecule has 3 fully saturated rings. The molecule has 0 saturated carbocycles. The summed E-state index contributed by atoms with van der Waals surface area (Å²) in [6, 6.07) is 1.62. The highest BCUT2D eigenvalue weighted by atomic mass is 16.6. The van der Waals surface area contributed by atoms with Gasteiger partial charge in [-0.1, -0.05) is 6.42 Å². The highest BCUT2D eigenvalue weighted by Crippen LogP contribution is 2.28. The Labute approximate surface area is 140 Å². The second kappa shape index (κ2) is 6.98. The minimum Gasteiger partial charge on any atom is -0.444 e. The minimum absolute atomic E-state index is 0.146. The lowest BCUT2D eigenvalue weighted by atomic mass is 9.99. The lowest BCUT2D eigenvalue weighted by Gasteiger charge is -2.34. The standard InChI is InChI=1S/C18H33N3O2/c1-18(2,3)23-17(22)21-11-6-7-14(21)13-19-15-9-12-20-10-5-4-8-16(15)20/h14-16,19H,4-13H2,1-3H3. The molecule has 1 amide bonds. The van der Waals surface area contributed by atoms with Gasteiger partial charge in [0.2, 0.25) is 0 Å². The van der Waals surface area contributed by atoms with Crippen LogP contribution in [0.3, 0.4) is 0 Å². The third-order valence-electron chi connectivity index (χ3n) is 5.48. The first-order valence-electron chi connectivity index (χ1n) is 9.41. The first kappa shape index (κ1) is 17.0. The van der Waals surface area contributed by atoms with Gasteiger partial charge in [0.25, 0.3) is 0 Å². The fraction of sp³-hybridized carbons (Fsp3) is 0.944. The molecule has 0 radical (unpaired) electrons. The van der Waals surface area contributed by atoms with E-state index in [1.165, 1.54) is 38.8 Å². The highest BCUT2D eigenvalue weighted by Gasteiger charge is 2.37. The molecule has 5 heteroatoms. The maximum atomic E-state index is 12.4. The number of piperidine rings is 1. The van der Waals surface area contributed by atoms with E-state index in [0.29, 0.717) is 12.1 Å². The van der Waals surface area contributed by atoms with Gasteiger partial charge in [-0.2, -0.15) is 0 Å². The molecule has 23 heavy (non-hydrogen) atoms. The molecule has 0 aromatic carbocycles. The van der Waals surface area contributed by atoms with Gasteiger partial charge in [-0.25, -0.2) is 4.79 Å². The molecule has 0 aliphatic carbocycles. The zero-order valence-electron chi connectivity index (χ0n) is 15.0. The Morgan fingerprint density at radius 3 is 2.70 bits per heavy atom. The number of carbonyl (C=O) groups excluding carboxylic acids is 1. The normalized spacial score (nSPS) is 32.1. The SMILES string of the molecule is CC(C)(C)OC(=O)N1CCCC1CNC1CCN2CCCCC12. The zero-order chi connectivity index (χ0) is 16.4. The number of nitrogens with one attached hydrogen (secondary N) is 1. The van der Waals surface area contributed by atoms with E-state index < -0.39 is 5.60 Å². The molecule has 0 aromatic rings. The Hall–Kier alpha value is -0.810. The first-order valence-corrected chi connectivity index (χ1v) is 9.41. The topological polar surface area (TPSA) is 44.8 Å². The van der Waals surface area contributed by atoms with Crippen molar-refractivity contribution in [1.29, 1.82) is 0 Å². The van der Waals surface area contributed by atoms with Crippen molar-refractivity contribution in [3.05, 3.63) is 0 Å². The van der Waals surface area contributed by atoms with Gasteiger partial charge in [0.15, 0.2) is 0 Å². The summed E-state index contributed by atoms with van der Waals surface area (Å²) >= 11 is 0. The zero-order valence-corrected chi connectivity index (χ0v) is 15.0. The summed E-state index contributed by atoms with van der Waals surface area (Å²) in [6.07, 6.45) is 7.35. The molecule has 3 aliphatic rings. The van der Waals surface area contributed by atoms with E-state index in [9.17, 15) is 4.79 Å². The summed E-state index contributed by atoms with van der Waals surface area (Å²) in [7, 11) is 0. The van der Waals surface area contributed by atoms with E-state index in [-0.39, 0.29) is 6.09 Å². The second-order valence-electron chi connectivity index (χ2n) is 8.37. The Balaban J connectivity index is 1.50. The highest BCUT2D eigenvalue weighted by molar-refractivity contribution is 5.69. The monoisotopic (exact) mass is 323 g/mol. The van der Waals surface area contributed by atoms with Crippen LogP contribution in [0.2, 0.25) is 0 Å². The summed E-state index contributed by atoms with van der Waals surface area (Å²) < 4.78 is 5.56. The Morgan fingerprint density at radius 2 is 1.91 bits per heavy atom. The molecule has 3 atom stereocenters. The summed E-state index contributed by atoms with van der Waals surface area (Å²) in [5.74, 6) is 0. The Morgan fingerprint density at radius 1 is 1.09 bits per heavy atom. The Kier molecular flexibility index (Phi) is 5.16. The summed E-state index contributed by atoms with van der Waals surface area (Å²) in [5, 5.41) is 3.78. The summed E-state index contributed by atoms with van der Waals surface area (Å²) in [5.41, 5.74) is -0.411. The van der Waals surface area contributed by atoms with Gasteiger partial charge in [0.05, 0.1) is 0 Å². The van der Waals surface area contributed by atoms with Gasteiger partial charge in [-0.05, 0) is 59.4 Å². The van der Waals surface area contributed by atoms with Crippen LogP contribution in [0, 0.1) is 0 Å². The van der Waals surface area contributed by atoms with E-state index >= 15 is 0 Å². The largest absolute Gasteiger partial charge is 0.444 e. The van der Waals surface area contributed by atoms with E-state index in [1.807, 2.05) is 25.7 Å². The molecule has 3 saturated heterocycles. The van der Waals surface area contributed by atoms with Crippen LogP contribution in [0.4, 0.5) is 4.79 Å². The molecule has 0 bridgehead atoms. The first-order chi connectivity index (χ1) is 10.9. The van der Waals surface area contributed by atoms with Crippen LogP contribution in [-0.2, 0) is 4.74 Å². The Bertz CT molecular complexity index is 421. The quantitative estimate of drug-likeness (QED) is 0.867. The molecule has 3 heterocycles. The molecule has 0 spiro atoms. The van der Waals surface area contributed by atoms with Crippen molar-refractivity contribution in [2.45, 2.75) is 83.0 Å². The average molecular weight is 323 g/mol. The molecule has 132 valence electrons. The van der Waals surface area contributed by atoms with Crippen LogP contribution < -0.4 is 5.32 Å². The fourth-order valence-electron chi connectivity index (χ4n) is 4.38. The molecule has 1 N–H and O–H groups in total. The maximum Gasteiger partial charge on any atom is 0.410 e. The van der Waals surface area contributed by atoms with Gasteiger partial charge in [-0.3, -0.25) is 4.90 Å². The fourth-order valence-corrected chi connectivity index (χ4v) is 4.38. The number of likely N-dealkylation sites (tertiary alicyclic amines) is 1.